The number of ether oxygens (including phenoxy) is 1. The van der Waals surface area contributed by atoms with Crippen LogP contribution in [0.2, 0.25) is 0 Å². The van der Waals surface area contributed by atoms with Gasteiger partial charge in [-0.15, -0.1) is 34.2 Å². The number of benzene rings is 1. The average Bonchev–Trinajstić information content (AvgIpc) is 3.15. The van der Waals surface area contributed by atoms with Gasteiger partial charge in [-0.25, -0.2) is 4.79 Å². The van der Waals surface area contributed by atoms with Crippen LogP contribution in [0.4, 0.5) is 10.5 Å². The van der Waals surface area contributed by atoms with Crippen LogP contribution in [0.1, 0.15) is 46.0 Å². The Morgan fingerprint density at radius 3 is 2.50 bits per heavy atom. The Kier molecular flexibility index (Phi) is 12.0. The third kappa shape index (κ3) is 10.3. The summed E-state index contributed by atoms with van der Waals surface area (Å²) in [5.74, 6) is 1.77. The van der Waals surface area contributed by atoms with Crippen molar-refractivity contribution in [1.82, 2.24) is 25.4 Å². The molecule has 1 aromatic carbocycles. The Bertz CT molecular complexity index is 845. The summed E-state index contributed by atoms with van der Waals surface area (Å²) in [7, 11) is 0. The predicted octanol–water partition coefficient (Wildman–Crippen LogP) is 3.60. The molecule has 0 aliphatic heterocycles. The number of hydrogen-bond donors (Lipinski definition) is 3. The molecule has 0 aliphatic rings. The lowest BCUT2D eigenvalue weighted by Gasteiger charge is -2.19. The molecule has 0 saturated carbocycles. The number of amides is 1. The van der Waals surface area contributed by atoms with E-state index in [1.165, 1.54) is 0 Å². The summed E-state index contributed by atoms with van der Waals surface area (Å²) in [5, 5.41) is 17.4. The van der Waals surface area contributed by atoms with Crippen molar-refractivity contribution in [2.45, 2.75) is 59.6 Å². The Labute approximate surface area is 207 Å². The molecular formula is C22H36IN7O2. The van der Waals surface area contributed by atoms with Crippen molar-refractivity contribution >= 4 is 41.7 Å². The van der Waals surface area contributed by atoms with Gasteiger partial charge in [0.1, 0.15) is 17.8 Å². The van der Waals surface area contributed by atoms with Crippen LogP contribution in [0.25, 0.3) is 0 Å². The Morgan fingerprint density at radius 1 is 1.16 bits per heavy atom. The van der Waals surface area contributed by atoms with E-state index in [4.69, 9.17) is 4.74 Å². The van der Waals surface area contributed by atoms with Crippen LogP contribution in [0.3, 0.4) is 0 Å². The quantitative estimate of drug-likeness (QED) is 0.247. The number of aromatic nitrogens is 3. The second kappa shape index (κ2) is 13.9. The molecule has 2 aromatic rings. The van der Waals surface area contributed by atoms with Crippen molar-refractivity contribution < 1.29 is 9.53 Å². The Morgan fingerprint density at radius 2 is 1.88 bits per heavy atom. The van der Waals surface area contributed by atoms with E-state index in [1.807, 2.05) is 56.5 Å². The fourth-order valence-electron chi connectivity index (χ4n) is 2.85. The second-order valence-electron chi connectivity index (χ2n) is 8.06. The van der Waals surface area contributed by atoms with Crippen LogP contribution >= 0.6 is 24.0 Å². The van der Waals surface area contributed by atoms with Crippen molar-refractivity contribution in [2.75, 3.05) is 25.0 Å². The van der Waals surface area contributed by atoms with Gasteiger partial charge >= 0.3 is 6.09 Å². The number of hydrogen-bond acceptors (Lipinski definition) is 5. The van der Waals surface area contributed by atoms with E-state index in [-0.39, 0.29) is 24.0 Å². The molecule has 0 spiro atoms. The molecule has 32 heavy (non-hydrogen) atoms. The van der Waals surface area contributed by atoms with Crippen LogP contribution in [0.5, 0.6) is 0 Å². The first-order chi connectivity index (χ1) is 14.8. The van der Waals surface area contributed by atoms with Crippen molar-refractivity contribution in [3.63, 3.8) is 0 Å². The highest BCUT2D eigenvalue weighted by atomic mass is 127. The molecule has 1 heterocycles. The van der Waals surface area contributed by atoms with Crippen molar-refractivity contribution in [3.05, 3.63) is 42.0 Å². The molecule has 0 atom stereocenters. The van der Waals surface area contributed by atoms with Gasteiger partial charge in [0.15, 0.2) is 5.96 Å². The fourth-order valence-corrected chi connectivity index (χ4v) is 2.85. The van der Waals surface area contributed by atoms with Crippen molar-refractivity contribution in [3.8, 4) is 0 Å². The summed E-state index contributed by atoms with van der Waals surface area (Å²) in [6.07, 6.45) is 2.96. The highest BCUT2D eigenvalue weighted by Crippen LogP contribution is 2.13. The third-order valence-corrected chi connectivity index (χ3v) is 4.27. The number of halogens is 1. The Hall–Kier alpha value is -2.37. The van der Waals surface area contributed by atoms with E-state index in [0.29, 0.717) is 12.2 Å². The number of aliphatic imine (C=N–C) groups is 1. The molecule has 2 rings (SSSR count). The number of carbonyl (C=O) groups excluding carboxylic acids is 1. The first kappa shape index (κ1) is 27.7. The zero-order chi connectivity index (χ0) is 22.7. The average molecular weight is 557 g/mol. The SMILES string of the molecule is CCNC(=NCCc1ccc(NC(=O)OC(C)(C)C)cc1)NCCn1cnnc1CC.I. The van der Waals surface area contributed by atoms with E-state index in [0.717, 1.165) is 49.8 Å². The molecule has 0 fully saturated rings. The highest BCUT2D eigenvalue weighted by molar-refractivity contribution is 14.0. The number of aryl methyl sites for hydroxylation is 1. The molecule has 1 aromatic heterocycles. The minimum Gasteiger partial charge on any atom is -0.444 e. The van der Waals surface area contributed by atoms with E-state index in [9.17, 15) is 4.79 Å². The second-order valence-corrected chi connectivity index (χ2v) is 8.06. The monoisotopic (exact) mass is 557 g/mol. The van der Waals surface area contributed by atoms with Gasteiger partial charge in [-0.1, -0.05) is 19.1 Å². The molecule has 0 aliphatic carbocycles. The van der Waals surface area contributed by atoms with E-state index in [2.05, 4.69) is 38.1 Å². The lowest BCUT2D eigenvalue weighted by molar-refractivity contribution is 0.0636. The number of rotatable bonds is 9. The minimum absolute atomic E-state index is 0. The van der Waals surface area contributed by atoms with Crippen molar-refractivity contribution in [2.24, 2.45) is 4.99 Å². The molecule has 178 valence electrons. The van der Waals surface area contributed by atoms with E-state index >= 15 is 0 Å². The molecular weight excluding hydrogens is 521 g/mol. The molecule has 10 heteroatoms. The van der Waals surface area contributed by atoms with E-state index in [1.54, 1.807) is 6.33 Å². The molecule has 0 bridgehead atoms. The summed E-state index contributed by atoms with van der Waals surface area (Å²) < 4.78 is 7.31. The zero-order valence-electron chi connectivity index (χ0n) is 19.6. The van der Waals surface area contributed by atoms with Gasteiger partial charge in [0.25, 0.3) is 0 Å². The summed E-state index contributed by atoms with van der Waals surface area (Å²) >= 11 is 0. The van der Waals surface area contributed by atoms with Crippen LogP contribution < -0.4 is 16.0 Å². The number of anilines is 1. The topological polar surface area (TPSA) is 105 Å². The summed E-state index contributed by atoms with van der Waals surface area (Å²) in [5.41, 5.74) is 1.33. The summed E-state index contributed by atoms with van der Waals surface area (Å²) in [6, 6.07) is 7.72. The third-order valence-electron chi connectivity index (χ3n) is 4.27. The first-order valence-corrected chi connectivity index (χ1v) is 10.8. The van der Waals surface area contributed by atoms with Crippen LogP contribution in [0, 0.1) is 0 Å². The molecule has 0 radical (unpaired) electrons. The number of nitrogens with zero attached hydrogens (tertiary/aromatic N) is 4. The smallest absolute Gasteiger partial charge is 0.412 e. The number of carbonyl (C=O) groups is 1. The fraction of sp³-hybridized carbons (Fsp3) is 0.545. The molecule has 1 amide bonds. The van der Waals surface area contributed by atoms with Gasteiger partial charge in [0.2, 0.25) is 0 Å². The van der Waals surface area contributed by atoms with Crippen LogP contribution in [-0.2, 0) is 24.1 Å². The normalized spacial score (nSPS) is 11.5. The lowest BCUT2D eigenvalue weighted by Crippen LogP contribution is -2.39. The van der Waals surface area contributed by atoms with Gasteiger partial charge in [0, 0.05) is 38.3 Å². The highest BCUT2D eigenvalue weighted by Gasteiger charge is 2.16. The number of nitrogens with one attached hydrogen (secondary N) is 3. The molecule has 0 saturated heterocycles. The number of guanidine groups is 1. The maximum atomic E-state index is 11.8. The van der Waals surface area contributed by atoms with Gasteiger partial charge < -0.3 is 19.9 Å². The van der Waals surface area contributed by atoms with Gasteiger partial charge in [-0.3, -0.25) is 10.3 Å². The molecule has 3 N–H and O–H groups in total. The maximum Gasteiger partial charge on any atom is 0.412 e. The summed E-state index contributed by atoms with van der Waals surface area (Å²) in [4.78, 5) is 16.5. The van der Waals surface area contributed by atoms with Crippen LogP contribution in [0.15, 0.2) is 35.6 Å². The van der Waals surface area contributed by atoms with Crippen LogP contribution in [-0.4, -0.2) is 52.1 Å². The van der Waals surface area contributed by atoms with Gasteiger partial charge in [-0.05, 0) is 51.8 Å². The van der Waals surface area contributed by atoms with Gasteiger partial charge in [-0.2, -0.15) is 0 Å². The van der Waals surface area contributed by atoms with Crippen molar-refractivity contribution in [1.29, 1.82) is 0 Å². The zero-order valence-corrected chi connectivity index (χ0v) is 22.0. The first-order valence-electron chi connectivity index (χ1n) is 10.8. The summed E-state index contributed by atoms with van der Waals surface area (Å²) in [6.45, 7) is 12.6. The predicted molar refractivity (Wildman–Crippen MR) is 139 cm³/mol. The largest absolute Gasteiger partial charge is 0.444 e. The Balaban J connectivity index is 0.00000512. The minimum atomic E-state index is -0.520. The lowest BCUT2D eigenvalue weighted by atomic mass is 10.1. The van der Waals surface area contributed by atoms with Gasteiger partial charge in [0.05, 0.1) is 0 Å². The molecule has 0 unspecified atom stereocenters. The van der Waals surface area contributed by atoms with E-state index < -0.39 is 11.7 Å². The molecule has 9 nitrogen and oxygen atoms in total. The maximum absolute atomic E-state index is 11.8. The standard InChI is InChI=1S/C22H35N7O2.HI/c1-6-19-28-26-16-29(19)15-14-25-20(23-7-2)24-13-12-17-8-10-18(11-9-17)27-21(30)31-22(3,4)5;/h8-11,16H,6-7,12-15H2,1-5H3,(H,27,30)(H2,23,24,25);1H.